The third kappa shape index (κ3) is 1.95. The Morgan fingerprint density at radius 2 is 2.15 bits per heavy atom. The van der Waals surface area contributed by atoms with E-state index in [2.05, 4.69) is 4.98 Å². The first-order valence-corrected chi connectivity index (χ1v) is 6.12. The standard InChI is InChI=1S/C14H11NO5/c16-11-5-7(12-2-1-3-20-12)4-10-8(11)6-9(14(18)19)13(17)15-10/h1-3,6-7H,4-5H2,(H,15,17)(H,18,19). The van der Waals surface area contributed by atoms with Crippen LogP contribution in [0.15, 0.2) is 33.7 Å². The van der Waals surface area contributed by atoms with Gasteiger partial charge in [-0.25, -0.2) is 4.79 Å². The van der Waals surface area contributed by atoms with Gasteiger partial charge in [0.05, 0.1) is 6.26 Å². The highest BCUT2D eigenvalue weighted by atomic mass is 16.4. The van der Waals surface area contributed by atoms with Crippen LogP contribution in [0, 0.1) is 0 Å². The number of ketones is 1. The highest BCUT2D eigenvalue weighted by molar-refractivity contribution is 6.00. The molecule has 0 aliphatic heterocycles. The number of carbonyl (C=O) groups excluding carboxylic acids is 1. The van der Waals surface area contributed by atoms with E-state index in [1.807, 2.05) is 0 Å². The summed E-state index contributed by atoms with van der Waals surface area (Å²) in [5.74, 6) is -0.968. The van der Waals surface area contributed by atoms with E-state index in [0.717, 1.165) is 6.07 Å². The van der Waals surface area contributed by atoms with Crippen LogP contribution in [0.4, 0.5) is 0 Å². The van der Waals surface area contributed by atoms with Crippen LogP contribution in [-0.2, 0) is 6.42 Å². The Kier molecular flexibility index (Phi) is 2.78. The number of carbonyl (C=O) groups is 2. The van der Waals surface area contributed by atoms with Gasteiger partial charge >= 0.3 is 5.97 Å². The molecule has 0 fully saturated rings. The van der Waals surface area contributed by atoms with Crippen molar-refractivity contribution in [1.29, 1.82) is 0 Å². The lowest BCUT2D eigenvalue weighted by atomic mass is 9.84. The molecule has 6 heteroatoms. The summed E-state index contributed by atoms with van der Waals surface area (Å²) in [6.07, 6.45) is 2.22. The summed E-state index contributed by atoms with van der Waals surface area (Å²) in [7, 11) is 0. The molecule has 0 spiro atoms. The first-order chi connectivity index (χ1) is 9.56. The second-order valence-corrected chi connectivity index (χ2v) is 4.75. The molecule has 2 N–H and O–H groups in total. The fourth-order valence-electron chi connectivity index (χ4n) is 2.51. The van der Waals surface area contributed by atoms with E-state index in [1.165, 1.54) is 6.26 Å². The molecule has 0 aromatic carbocycles. The van der Waals surface area contributed by atoms with Crippen LogP contribution in [0.2, 0.25) is 0 Å². The maximum atomic E-state index is 12.1. The van der Waals surface area contributed by atoms with E-state index in [-0.39, 0.29) is 23.7 Å². The number of pyridine rings is 1. The smallest absolute Gasteiger partial charge is 0.341 e. The van der Waals surface area contributed by atoms with Gasteiger partial charge in [-0.3, -0.25) is 9.59 Å². The average molecular weight is 273 g/mol. The number of hydrogen-bond acceptors (Lipinski definition) is 4. The van der Waals surface area contributed by atoms with Crippen molar-refractivity contribution in [2.24, 2.45) is 0 Å². The van der Waals surface area contributed by atoms with E-state index < -0.39 is 17.1 Å². The SMILES string of the molecule is O=C1CC(c2ccco2)Cc2[nH]c(=O)c(C(=O)O)cc21. The molecule has 2 aromatic rings. The van der Waals surface area contributed by atoms with Gasteiger partial charge in [-0.05, 0) is 24.6 Å². The van der Waals surface area contributed by atoms with E-state index in [9.17, 15) is 14.4 Å². The molecule has 1 unspecified atom stereocenters. The topological polar surface area (TPSA) is 100 Å². The molecule has 0 radical (unpaired) electrons. The third-order valence-electron chi connectivity index (χ3n) is 3.48. The minimum absolute atomic E-state index is 0.128. The molecule has 3 rings (SSSR count). The largest absolute Gasteiger partial charge is 0.477 e. The van der Waals surface area contributed by atoms with Crippen molar-refractivity contribution in [3.05, 3.63) is 57.4 Å². The molecule has 20 heavy (non-hydrogen) atoms. The van der Waals surface area contributed by atoms with Crippen LogP contribution in [0.25, 0.3) is 0 Å². The molecule has 0 saturated heterocycles. The number of aromatic nitrogens is 1. The van der Waals surface area contributed by atoms with Crippen molar-refractivity contribution in [3.8, 4) is 0 Å². The number of H-pyrrole nitrogens is 1. The number of hydrogen-bond donors (Lipinski definition) is 2. The van der Waals surface area contributed by atoms with Gasteiger partial charge in [-0.2, -0.15) is 0 Å². The minimum atomic E-state index is -1.34. The Balaban J connectivity index is 2.05. The molecule has 1 atom stereocenters. The molecule has 102 valence electrons. The number of rotatable bonds is 2. The van der Waals surface area contributed by atoms with Gasteiger partial charge in [-0.15, -0.1) is 0 Å². The van der Waals surface area contributed by atoms with E-state index >= 15 is 0 Å². The zero-order valence-corrected chi connectivity index (χ0v) is 10.4. The van der Waals surface area contributed by atoms with Crippen molar-refractivity contribution in [2.45, 2.75) is 18.8 Å². The van der Waals surface area contributed by atoms with Crippen molar-refractivity contribution in [2.75, 3.05) is 0 Å². The molecule has 6 nitrogen and oxygen atoms in total. The number of Topliss-reactive ketones (excluding diaryl/α,β-unsaturated/α-hetero) is 1. The molecular formula is C14H11NO5. The van der Waals surface area contributed by atoms with Crippen LogP contribution in [0.3, 0.4) is 0 Å². The summed E-state index contributed by atoms with van der Waals surface area (Å²) in [6, 6.07) is 4.69. The lowest BCUT2D eigenvalue weighted by Crippen LogP contribution is -2.27. The number of nitrogens with one attached hydrogen (secondary N) is 1. The Morgan fingerprint density at radius 3 is 2.80 bits per heavy atom. The van der Waals surface area contributed by atoms with E-state index in [0.29, 0.717) is 17.9 Å². The lowest BCUT2D eigenvalue weighted by Gasteiger charge is -2.21. The zero-order valence-electron chi connectivity index (χ0n) is 10.4. The summed E-state index contributed by atoms with van der Waals surface area (Å²) >= 11 is 0. The minimum Gasteiger partial charge on any atom is -0.477 e. The molecule has 0 saturated carbocycles. The number of furan rings is 1. The van der Waals surface area contributed by atoms with Crippen LogP contribution < -0.4 is 5.56 Å². The summed E-state index contributed by atoms with van der Waals surface area (Å²) in [5, 5.41) is 8.91. The Morgan fingerprint density at radius 1 is 1.35 bits per heavy atom. The predicted octanol–water partition coefficient (Wildman–Crippen LogP) is 1.58. The average Bonchev–Trinajstić information content (AvgIpc) is 2.91. The van der Waals surface area contributed by atoms with Crippen molar-refractivity contribution < 1.29 is 19.1 Å². The van der Waals surface area contributed by atoms with Crippen LogP contribution in [0.1, 0.15) is 44.5 Å². The second-order valence-electron chi connectivity index (χ2n) is 4.75. The fraction of sp³-hybridized carbons (Fsp3) is 0.214. The van der Waals surface area contributed by atoms with Gasteiger partial charge in [0.1, 0.15) is 11.3 Å². The van der Waals surface area contributed by atoms with E-state index in [1.54, 1.807) is 12.1 Å². The fourth-order valence-corrected chi connectivity index (χ4v) is 2.51. The van der Waals surface area contributed by atoms with Crippen LogP contribution >= 0.6 is 0 Å². The molecular weight excluding hydrogens is 262 g/mol. The normalized spacial score (nSPS) is 17.8. The molecule has 1 aliphatic carbocycles. The van der Waals surface area contributed by atoms with E-state index in [4.69, 9.17) is 9.52 Å². The molecule has 2 aromatic heterocycles. The molecule has 1 aliphatic rings. The van der Waals surface area contributed by atoms with Gasteiger partial charge in [0.15, 0.2) is 5.78 Å². The third-order valence-corrected chi connectivity index (χ3v) is 3.48. The Bertz CT molecular complexity index is 741. The number of carboxylic acid groups (broad SMARTS) is 1. The summed E-state index contributed by atoms with van der Waals surface area (Å²) in [6.45, 7) is 0. The van der Waals surface area contributed by atoms with Gasteiger partial charge in [0.25, 0.3) is 5.56 Å². The van der Waals surface area contributed by atoms with Gasteiger partial charge in [0.2, 0.25) is 0 Å². The highest BCUT2D eigenvalue weighted by Gasteiger charge is 2.30. The van der Waals surface area contributed by atoms with Gasteiger partial charge in [0, 0.05) is 23.6 Å². The van der Waals surface area contributed by atoms with Crippen molar-refractivity contribution >= 4 is 11.8 Å². The number of fused-ring (bicyclic) bond motifs is 1. The number of aromatic carboxylic acids is 1. The predicted molar refractivity (Wildman–Crippen MR) is 68.1 cm³/mol. The van der Waals surface area contributed by atoms with Crippen molar-refractivity contribution in [3.63, 3.8) is 0 Å². The van der Waals surface area contributed by atoms with Crippen LogP contribution in [-0.4, -0.2) is 21.8 Å². The van der Waals surface area contributed by atoms with Gasteiger partial charge in [-0.1, -0.05) is 0 Å². The molecule has 0 amide bonds. The highest BCUT2D eigenvalue weighted by Crippen LogP contribution is 2.31. The zero-order chi connectivity index (χ0) is 14.3. The first-order valence-electron chi connectivity index (χ1n) is 6.12. The molecule has 0 bridgehead atoms. The van der Waals surface area contributed by atoms with Gasteiger partial charge < -0.3 is 14.5 Å². The first kappa shape index (κ1) is 12.4. The maximum absolute atomic E-state index is 12.1. The lowest BCUT2D eigenvalue weighted by molar-refractivity contribution is 0.0695. The Hall–Kier alpha value is -2.63. The maximum Gasteiger partial charge on any atom is 0.341 e. The monoisotopic (exact) mass is 273 g/mol. The Labute approximate surface area is 113 Å². The summed E-state index contributed by atoms with van der Waals surface area (Å²) < 4.78 is 5.29. The number of aromatic amines is 1. The summed E-state index contributed by atoms with van der Waals surface area (Å²) in [4.78, 5) is 37.2. The summed E-state index contributed by atoms with van der Waals surface area (Å²) in [5.41, 5.74) is -0.347. The second kappa shape index (κ2) is 4.48. The van der Waals surface area contributed by atoms with Crippen molar-refractivity contribution in [1.82, 2.24) is 4.98 Å². The molecule has 2 heterocycles. The quantitative estimate of drug-likeness (QED) is 0.865. The number of carboxylic acids is 1. The van der Waals surface area contributed by atoms with Crippen LogP contribution in [0.5, 0.6) is 0 Å².